The second kappa shape index (κ2) is 10.4. The van der Waals surface area contributed by atoms with Crippen molar-refractivity contribution in [2.24, 2.45) is 0 Å². The molecular weight excluding hydrogens is 413 g/mol. The van der Waals surface area contributed by atoms with Gasteiger partial charge < -0.3 is 20.1 Å². The Morgan fingerprint density at radius 1 is 1.29 bits per heavy atom. The lowest BCUT2D eigenvalue weighted by Gasteiger charge is -2.23. The lowest BCUT2D eigenvalue weighted by atomic mass is 10.0. The van der Waals surface area contributed by atoms with Crippen molar-refractivity contribution in [1.29, 1.82) is 0 Å². The molecule has 0 spiro atoms. The molecule has 7 nitrogen and oxygen atoms in total. The molecule has 10 heteroatoms. The van der Waals surface area contributed by atoms with Gasteiger partial charge in [0.05, 0.1) is 17.8 Å². The van der Waals surface area contributed by atoms with E-state index in [0.29, 0.717) is 19.0 Å². The fourth-order valence-corrected chi connectivity index (χ4v) is 3.28. The number of nitrogens with zero attached hydrogens (tertiary/aromatic N) is 2. The second-order valence-corrected chi connectivity index (χ2v) is 7.29. The summed E-state index contributed by atoms with van der Waals surface area (Å²) in [6.45, 7) is 4.24. The second-order valence-electron chi connectivity index (χ2n) is 7.29. The first-order chi connectivity index (χ1) is 14.8. The zero-order chi connectivity index (χ0) is 22.4. The number of aryl methyl sites for hydroxylation is 1. The predicted molar refractivity (Wildman–Crippen MR) is 108 cm³/mol. The van der Waals surface area contributed by atoms with Crippen LogP contribution in [0.1, 0.15) is 49.2 Å². The van der Waals surface area contributed by atoms with Gasteiger partial charge in [0.25, 0.3) is 12.3 Å². The van der Waals surface area contributed by atoms with Gasteiger partial charge in [-0.2, -0.15) is 0 Å². The fraction of sp³-hybridized carbons (Fsp3) is 0.476. The van der Waals surface area contributed by atoms with Gasteiger partial charge in [-0.05, 0) is 26.7 Å². The Morgan fingerprint density at radius 2 is 2.00 bits per heavy atom. The topological polar surface area (TPSA) is 85.4 Å². The lowest BCUT2D eigenvalue weighted by Crippen LogP contribution is -2.41. The van der Waals surface area contributed by atoms with Crippen LogP contribution in [0.25, 0.3) is 0 Å². The molecule has 0 radical (unpaired) electrons. The first-order valence-corrected chi connectivity index (χ1v) is 10.0. The van der Waals surface area contributed by atoms with Crippen LogP contribution in [0.3, 0.4) is 0 Å². The summed E-state index contributed by atoms with van der Waals surface area (Å²) in [4.78, 5) is 20.5. The van der Waals surface area contributed by atoms with E-state index in [1.54, 1.807) is 13.8 Å². The number of amides is 1. The zero-order valence-corrected chi connectivity index (χ0v) is 17.3. The van der Waals surface area contributed by atoms with Gasteiger partial charge >= 0.3 is 0 Å². The molecule has 1 aromatic carbocycles. The van der Waals surface area contributed by atoms with Crippen molar-refractivity contribution in [3.8, 4) is 5.75 Å². The average molecular weight is 438 g/mol. The maximum Gasteiger partial charge on any atom is 0.266 e. The zero-order valence-electron chi connectivity index (χ0n) is 17.3. The molecule has 0 bridgehead atoms. The van der Waals surface area contributed by atoms with Crippen LogP contribution in [-0.2, 0) is 9.53 Å². The third-order valence-corrected chi connectivity index (χ3v) is 4.93. The summed E-state index contributed by atoms with van der Waals surface area (Å²) in [6.07, 6.45) is -0.0214. The molecule has 31 heavy (non-hydrogen) atoms. The van der Waals surface area contributed by atoms with Crippen molar-refractivity contribution in [1.82, 2.24) is 15.3 Å². The molecule has 1 aromatic heterocycles. The number of alkyl halides is 2. The van der Waals surface area contributed by atoms with Gasteiger partial charge in [0.2, 0.25) is 0 Å². The molecule has 1 aliphatic heterocycles. The Morgan fingerprint density at radius 3 is 2.71 bits per heavy atom. The maximum atomic E-state index is 14.5. The van der Waals surface area contributed by atoms with E-state index in [-0.39, 0.29) is 35.7 Å². The van der Waals surface area contributed by atoms with Crippen LogP contribution < -0.4 is 15.4 Å². The van der Waals surface area contributed by atoms with Crippen molar-refractivity contribution in [2.45, 2.75) is 45.2 Å². The van der Waals surface area contributed by atoms with E-state index in [1.807, 2.05) is 0 Å². The highest BCUT2D eigenvalue weighted by atomic mass is 19.3. The summed E-state index contributed by atoms with van der Waals surface area (Å²) >= 11 is 0. The van der Waals surface area contributed by atoms with Gasteiger partial charge in [-0.3, -0.25) is 4.79 Å². The SMILES string of the molecule is Cc1ncc(OCC(=O)NC2CCOCC2)c(N[C@H](C)c2cccc(C(F)F)c2F)n1. The first kappa shape index (κ1) is 22.8. The van der Waals surface area contributed by atoms with E-state index in [9.17, 15) is 18.0 Å². The van der Waals surface area contributed by atoms with Gasteiger partial charge in [-0.25, -0.2) is 23.1 Å². The lowest BCUT2D eigenvalue weighted by molar-refractivity contribution is -0.124. The summed E-state index contributed by atoms with van der Waals surface area (Å²) in [7, 11) is 0. The number of halogens is 3. The summed E-state index contributed by atoms with van der Waals surface area (Å²) in [6, 6.07) is 3.21. The highest BCUT2D eigenvalue weighted by Gasteiger charge is 2.21. The summed E-state index contributed by atoms with van der Waals surface area (Å²) in [5, 5.41) is 5.86. The minimum absolute atomic E-state index is 0.0434. The Labute approximate surface area is 178 Å². The van der Waals surface area contributed by atoms with Gasteiger partial charge in [0.1, 0.15) is 11.6 Å². The smallest absolute Gasteiger partial charge is 0.266 e. The Bertz CT molecular complexity index is 907. The van der Waals surface area contributed by atoms with E-state index >= 15 is 0 Å². The van der Waals surface area contributed by atoms with Crippen LogP contribution in [0.5, 0.6) is 5.75 Å². The highest BCUT2D eigenvalue weighted by Crippen LogP contribution is 2.30. The number of hydrogen-bond donors (Lipinski definition) is 2. The number of ether oxygens (including phenoxy) is 2. The third kappa shape index (κ3) is 6.06. The number of nitrogens with one attached hydrogen (secondary N) is 2. The van der Waals surface area contributed by atoms with E-state index in [4.69, 9.17) is 9.47 Å². The molecule has 0 saturated carbocycles. The fourth-order valence-electron chi connectivity index (χ4n) is 3.28. The third-order valence-electron chi connectivity index (χ3n) is 4.93. The van der Waals surface area contributed by atoms with E-state index < -0.39 is 23.8 Å². The van der Waals surface area contributed by atoms with Crippen LogP contribution in [0, 0.1) is 12.7 Å². The monoisotopic (exact) mass is 438 g/mol. The Hall–Kier alpha value is -2.88. The molecule has 0 unspecified atom stereocenters. The molecule has 1 amide bonds. The Balaban J connectivity index is 1.68. The van der Waals surface area contributed by atoms with E-state index in [1.165, 1.54) is 18.3 Å². The number of aromatic nitrogens is 2. The molecule has 2 N–H and O–H groups in total. The van der Waals surface area contributed by atoms with Gasteiger partial charge in [-0.15, -0.1) is 0 Å². The molecule has 1 aliphatic rings. The van der Waals surface area contributed by atoms with Crippen molar-refractivity contribution in [3.05, 3.63) is 47.2 Å². The summed E-state index contributed by atoms with van der Waals surface area (Å²) in [5.41, 5.74) is -0.594. The van der Waals surface area contributed by atoms with Crippen LogP contribution >= 0.6 is 0 Å². The maximum absolute atomic E-state index is 14.5. The number of hydrogen-bond acceptors (Lipinski definition) is 6. The van der Waals surface area contributed by atoms with Gasteiger partial charge in [-0.1, -0.05) is 18.2 Å². The molecule has 1 saturated heterocycles. The van der Waals surface area contributed by atoms with Crippen LogP contribution in [0.4, 0.5) is 19.0 Å². The standard InChI is InChI=1S/C21H25F3N4O3/c1-12(15-4-3-5-16(19(15)22)20(23)24)26-21-17(10-25-13(2)27-21)31-11-18(29)28-14-6-8-30-9-7-14/h3-5,10,12,14,20H,6-9,11H2,1-2H3,(H,28,29)(H,25,26,27)/t12-/m1/s1. The van der Waals surface area contributed by atoms with Crippen LogP contribution in [0.15, 0.2) is 24.4 Å². The minimum Gasteiger partial charge on any atom is -0.478 e. The first-order valence-electron chi connectivity index (χ1n) is 10.0. The number of carbonyl (C=O) groups is 1. The van der Waals surface area contributed by atoms with Crippen molar-refractivity contribution in [3.63, 3.8) is 0 Å². The normalized spacial score (nSPS) is 15.5. The van der Waals surface area contributed by atoms with Crippen molar-refractivity contribution < 1.29 is 27.4 Å². The van der Waals surface area contributed by atoms with Gasteiger partial charge in [0.15, 0.2) is 18.2 Å². The number of rotatable bonds is 8. The molecular formula is C21H25F3N4O3. The molecule has 168 valence electrons. The minimum atomic E-state index is -2.92. The number of anilines is 1. The van der Waals surface area contributed by atoms with Crippen molar-refractivity contribution >= 4 is 11.7 Å². The van der Waals surface area contributed by atoms with E-state index in [0.717, 1.165) is 18.9 Å². The Kier molecular flexibility index (Phi) is 7.67. The molecule has 0 aliphatic carbocycles. The largest absolute Gasteiger partial charge is 0.478 e. The van der Waals surface area contributed by atoms with Crippen LogP contribution in [-0.4, -0.2) is 41.7 Å². The summed E-state index contributed by atoms with van der Waals surface area (Å²) < 4.78 is 51.4. The quantitative estimate of drug-likeness (QED) is 0.654. The molecule has 1 atom stereocenters. The molecule has 1 fully saturated rings. The van der Waals surface area contributed by atoms with Crippen molar-refractivity contribution in [2.75, 3.05) is 25.1 Å². The number of carbonyl (C=O) groups excluding carboxylic acids is 1. The predicted octanol–water partition coefficient (Wildman–Crippen LogP) is 3.71. The molecule has 2 heterocycles. The van der Waals surface area contributed by atoms with E-state index in [2.05, 4.69) is 20.6 Å². The van der Waals surface area contributed by atoms with Gasteiger partial charge in [0, 0.05) is 24.8 Å². The average Bonchev–Trinajstić information content (AvgIpc) is 2.73. The summed E-state index contributed by atoms with van der Waals surface area (Å²) in [5.74, 6) is -0.398. The molecule has 2 aromatic rings. The number of benzene rings is 1. The highest BCUT2D eigenvalue weighted by molar-refractivity contribution is 5.78. The molecule has 3 rings (SSSR count). The van der Waals surface area contributed by atoms with Crippen LogP contribution in [0.2, 0.25) is 0 Å².